The number of hydrogen-bond acceptors (Lipinski definition) is 5. The van der Waals surface area contributed by atoms with Crippen molar-refractivity contribution in [3.8, 4) is 11.8 Å². The van der Waals surface area contributed by atoms with Gasteiger partial charge in [0.2, 0.25) is 0 Å². The molecule has 0 saturated carbocycles. The van der Waals surface area contributed by atoms with Gasteiger partial charge in [-0.05, 0) is 12.1 Å². The van der Waals surface area contributed by atoms with Gasteiger partial charge in [-0.3, -0.25) is 4.79 Å². The lowest BCUT2D eigenvalue weighted by Crippen LogP contribution is -2.06. The van der Waals surface area contributed by atoms with Crippen molar-refractivity contribution in [3.63, 3.8) is 0 Å². The SMILES string of the molecule is COC(=O)c1c(C#N)ccc(C=O)c1O. The Hall–Kier alpha value is -2.35. The molecular weight excluding hydrogens is 198 g/mol. The zero-order chi connectivity index (χ0) is 11.4. The van der Waals surface area contributed by atoms with Crippen molar-refractivity contribution in [2.45, 2.75) is 0 Å². The summed E-state index contributed by atoms with van der Waals surface area (Å²) in [5, 5.41) is 18.2. The van der Waals surface area contributed by atoms with E-state index in [1.807, 2.05) is 0 Å². The summed E-state index contributed by atoms with van der Waals surface area (Å²) in [6, 6.07) is 4.26. The Kier molecular flexibility index (Phi) is 3.03. The monoisotopic (exact) mass is 205 g/mol. The Morgan fingerprint density at radius 1 is 1.60 bits per heavy atom. The Balaban J connectivity index is 3.51. The Bertz CT molecular complexity index is 459. The van der Waals surface area contributed by atoms with Crippen molar-refractivity contribution >= 4 is 12.3 Å². The summed E-state index contributed by atoms with van der Waals surface area (Å²) in [5.74, 6) is -1.39. The molecule has 0 aromatic heterocycles. The van der Waals surface area contributed by atoms with Gasteiger partial charge in [-0.25, -0.2) is 4.79 Å². The molecule has 1 N–H and O–H groups in total. The van der Waals surface area contributed by atoms with Gasteiger partial charge in [-0.15, -0.1) is 0 Å². The van der Waals surface area contributed by atoms with Gasteiger partial charge in [-0.1, -0.05) is 0 Å². The lowest BCUT2D eigenvalue weighted by Gasteiger charge is -2.05. The first-order chi connectivity index (χ1) is 7.15. The minimum absolute atomic E-state index is 0.0371. The van der Waals surface area contributed by atoms with E-state index >= 15 is 0 Å². The molecule has 0 atom stereocenters. The highest BCUT2D eigenvalue weighted by molar-refractivity contribution is 5.98. The summed E-state index contributed by atoms with van der Waals surface area (Å²) in [5.41, 5.74) is -0.385. The molecule has 76 valence electrons. The number of phenols is 1. The van der Waals surface area contributed by atoms with Gasteiger partial charge in [0.05, 0.1) is 18.2 Å². The zero-order valence-electron chi connectivity index (χ0n) is 7.85. The number of methoxy groups -OCH3 is 1. The lowest BCUT2D eigenvalue weighted by molar-refractivity contribution is 0.0597. The highest BCUT2D eigenvalue weighted by atomic mass is 16.5. The molecule has 1 aromatic carbocycles. The summed E-state index contributed by atoms with van der Waals surface area (Å²) in [7, 11) is 1.12. The zero-order valence-corrected chi connectivity index (χ0v) is 7.85. The van der Waals surface area contributed by atoms with Crippen molar-refractivity contribution < 1.29 is 19.4 Å². The number of aromatic hydroxyl groups is 1. The van der Waals surface area contributed by atoms with Crippen LogP contribution in [-0.2, 0) is 4.74 Å². The number of esters is 1. The average Bonchev–Trinajstić information content (AvgIpc) is 2.27. The van der Waals surface area contributed by atoms with Gasteiger partial charge in [0, 0.05) is 0 Å². The van der Waals surface area contributed by atoms with Crippen LogP contribution >= 0.6 is 0 Å². The molecule has 0 unspecified atom stereocenters. The molecule has 0 heterocycles. The third-order valence-electron chi connectivity index (χ3n) is 1.85. The molecule has 0 aliphatic heterocycles. The first-order valence-electron chi connectivity index (χ1n) is 3.95. The fraction of sp³-hybridized carbons (Fsp3) is 0.100. The van der Waals surface area contributed by atoms with Gasteiger partial charge < -0.3 is 9.84 Å². The fourth-order valence-corrected chi connectivity index (χ4v) is 1.10. The molecule has 0 radical (unpaired) electrons. The number of benzene rings is 1. The number of hydrogen-bond donors (Lipinski definition) is 1. The van der Waals surface area contributed by atoms with Crippen LogP contribution in [0.4, 0.5) is 0 Å². The second-order valence-electron chi connectivity index (χ2n) is 2.65. The quantitative estimate of drug-likeness (QED) is 0.571. The Labute approximate surface area is 85.5 Å². The van der Waals surface area contributed by atoms with E-state index in [1.54, 1.807) is 6.07 Å². The summed E-state index contributed by atoms with van der Waals surface area (Å²) < 4.78 is 4.39. The van der Waals surface area contributed by atoms with E-state index in [-0.39, 0.29) is 16.7 Å². The number of carbonyl (C=O) groups excluding carboxylic acids is 2. The summed E-state index contributed by atoms with van der Waals surface area (Å²) >= 11 is 0. The van der Waals surface area contributed by atoms with E-state index in [0.717, 1.165) is 7.11 Å². The van der Waals surface area contributed by atoms with E-state index < -0.39 is 11.7 Å². The average molecular weight is 205 g/mol. The maximum atomic E-state index is 11.2. The molecule has 0 saturated heterocycles. The van der Waals surface area contributed by atoms with Crippen LogP contribution in [-0.4, -0.2) is 24.5 Å². The van der Waals surface area contributed by atoms with Crippen molar-refractivity contribution in [2.24, 2.45) is 0 Å². The smallest absolute Gasteiger partial charge is 0.343 e. The van der Waals surface area contributed by atoms with Crippen molar-refractivity contribution in [3.05, 3.63) is 28.8 Å². The highest BCUT2D eigenvalue weighted by Crippen LogP contribution is 2.25. The molecule has 5 nitrogen and oxygen atoms in total. The van der Waals surface area contributed by atoms with Crippen LogP contribution < -0.4 is 0 Å². The van der Waals surface area contributed by atoms with Crippen LogP contribution in [0.2, 0.25) is 0 Å². The van der Waals surface area contributed by atoms with E-state index in [4.69, 9.17) is 5.26 Å². The Morgan fingerprint density at radius 3 is 2.73 bits per heavy atom. The largest absolute Gasteiger partial charge is 0.506 e. The highest BCUT2D eigenvalue weighted by Gasteiger charge is 2.19. The number of ether oxygens (including phenoxy) is 1. The van der Waals surface area contributed by atoms with Crippen LogP contribution in [0.3, 0.4) is 0 Å². The van der Waals surface area contributed by atoms with Crippen LogP contribution in [0, 0.1) is 11.3 Å². The van der Waals surface area contributed by atoms with E-state index in [2.05, 4.69) is 4.74 Å². The molecular formula is C10H7NO4. The predicted molar refractivity (Wildman–Crippen MR) is 49.5 cm³/mol. The predicted octanol–water partition coefficient (Wildman–Crippen LogP) is 0.863. The summed E-state index contributed by atoms with van der Waals surface area (Å²) in [6.45, 7) is 0. The fourth-order valence-electron chi connectivity index (χ4n) is 1.10. The maximum Gasteiger partial charge on any atom is 0.343 e. The second-order valence-corrected chi connectivity index (χ2v) is 2.65. The van der Waals surface area contributed by atoms with Crippen LogP contribution in [0.15, 0.2) is 12.1 Å². The van der Waals surface area contributed by atoms with Crippen LogP contribution in [0.25, 0.3) is 0 Å². The molecule has 0 spiro atoms. The van der Waals surface area contributed by atoms with Gasteiger partial charge >= 0.3 is 5.97 Å². The molecule has 0 bridgehead atoms. The molecule has 0 aliphatic rings. The standard InChI is InChI=1S/C10H7NO4/c1-15-10(14)8-6(4-11)2-3-7(5-12)9(8)13/h2-3,5,13H,1H3. The number of carbonyl (C=O) groups is 2. The lowest BCUT2D eigenvalue weighted by atomic mass is 10.0. The van der Waals surface area contributed by atoms with Gasteiger partial charge in [0.15, 0.2) is 6.29 Å². The number of nitrogens with zero attached hydrogens (tertiary/aromatic N) is 1. The topological polar surface area (TPSA) is 87.4 Å². The summed E-state index contributed by atoms with van der Waals surface area (Å²) in [6.07, 6.45) is 0.392. The van der Waals surface area contributed by atoms with E-state index in [1.165, 1.54) is 12.1 Å². The minimum Gasteiger partial charge on any atom is -0.506 e. The molecule has 0 fully saturated rings. The normalized spacial score (nSPS) is 9.07. The third kappa shape index (κ3) is 1.79. The number of rotatable bonds is 2. The molecule has 0 aliphatic carbocycles. The van der Waals surface area contributed by atoms with Crippen molar-refractivity contribution in [1.29, 1.82) is 5.26 Å². The van der Waals surface area contributed by atoms with E-state index in [0.29, 0.717) is 6.29 Å². The Morgan fingerprint density at radius 2 is 2.27 bits per heavy atom. The molecule has 1 rings (SSSR count). The van der Waals surface area contributed by atoms with Crippen LogP contribution in [0.5, 0.6) is 5.75 Å². The molecule has 15 heavy (non-hydrogen) atoms. The van der Waals surface area contributed by atoms with Crippen molar-refractivity contribution in [1.82, 2.24) is 0 Å². The summed E-state index contributed by atoms with van der Waals surface area (Å²) in [4.78, 5) is 21.7. The van der Waals surface area contributed by atoms with Gasteiger partial charge in [0.1, 0.15) is 17.4 Å². The number of phenolic OH excluding ortho intramolecular Hbond substituents is 1. The molecule has 5 heteroatoms. The van der Waals surface area contributed by atoms with Gasteiger partial charge in [0.25, 0.3) is 0 Å². The number of aldehydes is 1. The first kappa shape index (κ1) is 10.7. The van der Waals surface area contributed by atoms with Crippen LogP contribution in [0.1, 0.15) is 26.3 Å². The first-order valence-corrected chi connectivity index (χ1v) is 3.95. The van der Waals surface area contributed by atoms with E-state index in [9.17, 15) is 14.7 Å². The van der Waals surface area contributed by atoms with Gasteiger partial charge in [-0.2, -0.15) is 5.26 Å². The minimum atomic E-state index is -0.854. The number of nitriles is 1. The molecule has 1 aromatic rings. The molecule has 0 amide bonds. The maximum absolute atomic E-state index is 11.2. The second kappa shape index (κ2) is 4.24. The van der Waals surface area contributed by atoms with Crippen molar-refractivity contribution in [2.75, 3.05) is 7.11 Å². The third-order valence-corrected chi connectivity index (χ3v) is 1.85.